The molecule has 2 aromatic carbocycles. The van der Waals surface area contributed by atoms with Gasteiger partial charge in [0.1, 0.15) is 16.9 Å². The fraction of sp³-hybridized carbons (Fsp3) is 0.459. The largest absolute Gasteiger partial charge is 0.494 e. The number of esters is 2. The predicted molar refractivity (Wildman–Crippen MR) is 178 cm³/mol. The Morgan fingerprint density at radius 2 is 1.02 bits per heavy atom. The summed E-state index contributed by atoms with van der Waals surface area (Å²) in [6.45, 7) is 6.33. The summed E-state index contributed by atoms with van der Waals surface area (Å²) in [6, 6.07) is 14.5. The van der Waals surface area contributed by atoms with Crippen molar-refractivity contribution in [3.05, 3.63) is 71.8 Å². The summed E-state index contributed by atoms with van der Waals surface area (Å²) in [4.78, 5) is 48.7. The van der Waals surface area contributed by atoms with Crippen LogP contribution >= 0.6 is 0 Å². The maximum Gasteiger partial charge on any atom is 0.330 e. The molecule has 2 rings (SSSR count). The van der Waals surface area contributed by atoms with Gasteiger partial charge >= 0.3 is 11.9 Å². The predicted octanol–water partition coefficient (Wildman–Crippen LogP) is 5.87. The van der Waals surface area contributed by atoms with Gasteiger partial charge in [-0.25, -0.2) is 9.59 Å². The smallest absolute Gasteiger partial charge is 0.330 e. The summed E-state index contributed by atoms with van der Waals surface area (Å²) in [7, 11) is 0. The Balaban J connectivity index is 1.65. The number of ketones is 2. The normalized spacial score (nSPS) is 11.6. The van der Waals surface area contributed by atoms with Crippen molar-refractivity contribution in [3.63, 3.8) is 0 Å². The summed E-state index contributed by atoms with van der Waals surface area (Å²) in [5, 5.41) is 19.9. The standard InChI is InChI=1S/C37H48O10/c1-4-44-34(40)24-18-28-14-20-30(21-15-28)46-26-10-6-8-12-32(38)37(3,36(42)43)33(39)13-9-7-11-27-47-31-22-16-29(17-23-31)19-25-35(41)45-5-2/h14-25,36,42-43H,4-13,26-27H2,1-3H3/b24-18+,25-19+. The Morgan fingerprint density at radius 1 is 0.638 bits per heavy atom. The van der Waals surface area contributed by atoms with E-state index < -0.39 is 35.2 Å². The van der Waals surface area contributed by atoms with Crippen molar-refractivity contribution in [1.82, 2.24) is 0 Å². The molecule has 10 heteroatoms. The first kappa shape index (κ1) is 38.9. The zero-order chi connectivity index (χ0) is 34.5. The number of hydrogen-bond acceptors (Lipinski definition) is 10. The monoisotopic (exact) mass is 652 g/mol. The molecule has 0 saturated heterocycles. The second-order valence-corrected chi connectivity index (χ2v) is 11.0. The number of carbonyl (C=O) groups is 4. The van der Waals surface area contributed by atoms with Crippen molar-refractivity contribution in [2.45, 2.75) is 78.4 Å². The first-order valence-electron chi connectivity index (χ1n) is 16.2. The van der Waals surface area contributed by atoms with Crippen LogP contribution < -0.4 is 9.47 Å². The minimum absolute atomic E-state index is 0.0621. The fourth-order valence-corrected chi connectivity index (χ4v) is 4.53. The molecule has 2 aromatic rings. The van der Waals surface area contributed by atoms with Gasteiger partial charge in [0.05, 0.1) is 26.4 Å². The maximum absolute atomic E-state index is 12.9. The van der Waals surface area contributed by atoms with Crippen LogP contribution in [0.3, 0.4) is 0 Å². The van der Waals surface area contributed by atoms with Crippen molar-refractivity contribution in [2.75, 3.05) is 26.4 Å². The van der Waals surface area contributed by atoms with Gasteiger partial charge in [-0.1, -0.05) is 24.3 Å². The molecule has 0 radical (unpaired) electrons. The summed E-state index contributed by atoms with van der Waals surface area (Å²) in [5.74, 6) is -0.393. The third-order valence-corrected chi connectivity index (χ3v) is 7.47. The molecule has 0 heterocycles. The summed E-state index contributed by atoms with van der Waals surface area (Å²) >= 11 is 0. The summed E-state index contributed by atoms with van der Waals surface area (Å²) in [6.07, 6.45) is 7.82. The Morgan fingerprint density at radius 3 is 1.36 bits per heavy atom. The second kappa shape index (κ2) is 21.5. The zero-order valence-electron chi connectivity index (χ0n) is 27.7. The highest BCUT2D eigenvalue weighted by Crippen LogP contribution is 2.28. The highest BCUT2D eigenvalue weighted by atomic mass is 16.5. The number of benzene rings is 2. The molecule has 0 unspecified atom stereocenters. The summed E-state index contributed by atoms with van der Waals surface area (Å²) < 4.78 is 21.2. The molecule has 0 amide bonds. The Labute approximate surface area is 277 Å². The van der Waals surface area contributed by atoms with Crippen LogP contribution in [0.2, 0.25) is 0 Å². The summed E-state index contributed by atoms with van der Waals surface area (Å²) in [5.41, 5.74) is -0.188. The highest BCUT2D eigenvalue weighted by Gasteiger charge is 2.45. The van der Waals surface area contributed by atoms with E-state index in [-0.39, 0.29) is 12.8 Å². The zero-order valence-corrected chi connectivity index (χ0v) is 27.7. The molecule has 0 fully saturated rings. The fourth-order valence-electron chi connectivity index (χ4n) is 4.53. The number of rotatable bonds is 23. The molecule has 0 aliphatic carbocycles. The maximum atomic E-state index is 12.9. The molecule has 0 saturated carbocycles. The van der Waals surface area contributed by atoms with Crippen LogP contribution in [0.5, 0.6) is 11.5 Å². The number of hydrogen-bond donors (Lipinski definition) is 2. The highest BCUT2D eigenvalue weighted by molar-refractivity contribution is 6.07. The molecular formula is C37H48O10. The van der Waals surface area contributed by atoms with Gasteiger partial charge in [0.2, 0.25) is 0 Å². The van der Waals surface area contributed by atoms with Crippen LogP contribution in [-0.4, -0.2) is 66.4 Å². The van der Waals surface area contributed by atoms with Crippen LogP contribution in [-0.2, 0) is 28.7 Å². The second-order valence-electron chi connectivity index (χ2n) is 11.0. The van der Waals surface area contributed by atoms with E-state index in [0.717, 1.165) is 11.1 Å². The molecule has 10 nitrogen and oxygen atoms in total. The van der Waals surface area contributed by atoms with E-state index in [1.807, 2.05) is 24.3 Å². The van der Waals surface area contributed by atoms with Crippen molar-refractivity contribution in [1.29, 1.82) is 0 Å². The number of Topliss-reactive ketones (excluding diaryl/α,β-unsaturated/α-hetero) is 2. The van der Waals surface area contributed by atoms with Crippen molar-refractivity contribution in [3.8, 4) is 11.5 Å². The van der Waals surface area contributed by atoms with E-state index in [0.29, 0.717) is 76.5 Å². The molecule has 47 heavy (non-hydrogen) atoms. The van der Waals surface area contributed by atoms with Crippen LogP contribution in [0.1, 0.15) is 83.3 Å². The first-order valence-corrected chi connectivity index (χ1v) is 16.2. The SMILES string of the molecule is CCOC(=O)/C=C/c1ccc(OCCCCCC(=O)C(C)(C(=O)CCCCCOc2ccc(/C=C/C(=O)OCC)cc2)C(O)O)cc1. The molecule has 0 aromatic heterocycles. The van der Waals surface area contributed by atoms with Gasteiger partial charge in [0, 0.05) is 25.0 Å². The number of aliphatic hydroxyl groups is 2. The van der Waals surface area contributed by atoms with Gasteiger partial charge in [-0.2, -0.15) is 0 Å². The molecule has 0 aliphatic heterocycles. The Hall–Kier alpha value is -4.28. The first-order chi connectivity index (χ1) is 22.6. The minimum atomic E-state index is -2.07. The molecule has 0 atom stereocenters. The van der Waals surface area contributed by atoms with Gasteiger partial charge in [-0.05, 0) is 107 Å². The Kier molecular flexibility index (Phi) is 17.8. The van der Waals surface area contributed by atoms with Gasteiger partial charge < -0.3 is 29.2 Å². The lowest BCUT2D eigenvalue weighted by atomic mass is 9.76. The van der Waals surface area contributed by atoms with E-state index in [1.54, 1.807) is 50.3 Å². The van der Waals surface area contributed by atoms with Crippen molar-refractivity contribution >= 4 is 35.7 Å². The van der Waals surface area contributed by atoms with Crippen LogP contribution in [0.4, 0.5) is 0 Å². The number of unbranched alkanes of at least 4 members (excludes halogenated alkanes) is 4. The van der Waals surface area contributed by atoms with Gasteiger partial charge in [0.15, 0.2) is 17.9 Å². The average molecular weight is 653 g/mol. The van der Waals surface area contributed by atoms with Crippen LogP contribution in [0.15, 0.2) is 60.7 Å². The molecule has 0 spiro atoms. The molecule has 0 bridgehead atoms. The molecular weight excluding hydrogens is 604 g/mol. The van der Waals surface area contributed by atoms with E-state index in [2.05, 4.69) is 0 Å². The quantitative estimate of drug-likeness (QED) is 0.0491. The third kappa shape index (κ3) is 14.4. The number of carbonyl (C=O) groups excluding carboxylic acids is 4. The topological polar surface area (TPSA) is 146 Å². The Bertz CT molecular complexity index is 1210. The lowest BCUT2D eigenvalue weighted by Gasteiger charge is -2.28. The average Bonchev–Trinajstić information content (AvgIpc) is 3.06. The van der Waals surface area contributed by atoms with Crippen molar-refractivity contribution in [2.24, 2.45) is 5.41 Å². The minimum Gasteiger partial charge on any atom is -0.494 e. The van der Waals surface area contributed by atoms with Gasteiger partial charge in [0.25, 0.3) is 0 Å². The van der Waals surface area contributed by atoms with Crippen LogP contribution in [0.25, 0.3) is 12.2 Å². The molecule has 0 aliphatic rings. The lowest BCUT2D eigenvalue weighted by molar-refractivity contribution is -0.169. The number of aliphatic hydroxyl groups excluding tert-OH is 1. The lowest BCUT2D eigenvalue weighted by Crippen LogP contribution is -2.46. The molecule has 2 N–H and O–H groups in total. The van der Waals surface area contributed by atoms with E-state index in [1.165, 1.54) is 19.1 Å². The van der Waals surface area contributed by atoms with Gasteiger partial charge in [-0.15, -0.1) is 0 Å². The molecule has 256 valence electrons. The van der Waals surface area contributed by atoms with E-state index >= 15 is 0 Å². The van der Waals surface area contributed by atoms with Crippen molar-refractivity contribution < 1.29 is 48.3 Å². The van der Waals surface area contributed by atoms with Crippen LogP contribution in [0, 0.1) is 5.41 Å². The number of ether oxygens (including phenoxy) is 4. The van der Waals surface area contributed by atoms with E-state index in [4.69, 9.17) is 18.9 Å². The third-order valence-electron chi connectivity index (χ3n) is 7.47. The van der Waals surface area contributed by atoms with E-state index in [9.17, 15) is 29.4 Å². The van der Waals surface area contributed by atoms with Gasteiger partial charge in [-0.3, -0.25) is 9.59 Å².